The second-order valence-electron chi connectivity index (χ2n) is 5.44. The van der Waals surface area contributed by atoms with Gasteiger partial charge in [-0.1, -0.05) is 35.3 Å². The zero-order valence-electron chi connectivity index (χ0n) is 14.2. The number of rotatable bonds is 8. The van der Waals surface area contributed by atoms with Gasteiger partial charge in [-0.25, -0.2) is 4.98 Å². The largest absolute Gasteiger partial charge is 0.490 e. The number of nitrogens with one attached hydrogen (secondary N) is 1. The lowest BCUT2D eigenvalue weighted by molar-refractivity contribution is 0.269. The Hall–Kier alpha value is -1.95. The number of hydrogen-bond acceptors (Lipinski definition) is 5. The summed E-state index contributed by atoms with van der Waals surface area (Å²) in [5.74, 6) is 1.17. The molecule has 7 heteroatoms. The molecule has 0 aliphatic rings. The van der Waals surface area contributed by atoms with Gasteiger partial charge in [0.05, 0.1) is 11.6 Å². The minimum Gasteiger partial charge on any atom is -0.490 e. The molecular weight excluding hydrogens is 391 g/mol. The summed E-state index contributed by atoms with van der Waals surface area (Å²) in [4.78, 5) is 4.21. The quantitative estimate of drug-likeness (QED) is 0.493. The van der Waals surface area contributed by atoms with E-state index in [-0.39, 0.29) is 0 Å². The average molecular weight is 409 g/mol. The number of nitrogens with zero attached hydrogens (tertiary/aromatic N) is 1. The maximum atomic E-state index is 6.46. The molecule has 26 heavy (non-hydrogen) atoms. The van der Waals surface area contributed by atoms with Crippen LogP contribution in [0.25, 0.3) is 0 Å². The summed E-state index contributed by atoms with van der Waals surface area (Å²) in [5, 5.41) is 7.26. The van der Waals surface area contributed by atoms with Crippen LogP contribution in [0.5, 0.6) is 11.5 Å². The average Bonchev–Trinajstić information content (AvgIpc) is 3.14. The molecule has 0 fully saturated rings. The molecule has 3 aromatic rings. The Morgan fingerprint density at radius 2 is 1.88 bits per heavy atom. The molecule has 1 aromatic heterocycles. The lowest BCUT2D eigenvalue weighted by Crippen LogP contribution is -2.03. The van der Waals surface area contributed by atoms with E-state index in [1.165, 1.54) is 0 Å². The molecule has 0 amide bonds. The Morgan fingerprint density at radius 3 is 2.58 bits per heavy atom. The van der Waals surface area contributed by atoms with Crippen molar-refractivity contribution in [2.75, 3.05) is 11.9 Å². The molecule has 2 aromatic carbocycles. The van der Waals surface area contributed by atoms with Crippen molar-refractivity contribution >= 4 is 39.7 Å². The number of ether oxygens (including phenoxy) is 2. The van der Waals surface area contributed by atoms with Crippen LogP contribution in [-0.2, 0) is 13.2 Å². The van der Waals surface area contributed by atoms with E-state index < -0.39 is 0 Å². The molecule has 4 nitrogen and oxygen atoms in total. The van der Waals surface area contributed by atoms with Crippen LogP contribution in [0, 0.1) is 0 Å². The standard InChI is InChI=1S/C19H18Cl2N2O2S/c1-2-24-17-10-14(11-23-19-22-7-8-26-19)9-16(21)18(17)25-12-13-3-5-15(20)6-4-13/h3-10H,2,11-12H2,1H3,(H,22,23). The second-order valence-corrected chi connectivity index (χ2v) is 7.18. The minimum atomic E-state index is 0.383. The van der Waals surface area contributed by atoms with Gasteiger partial charge in [0.25, 0.3) is 0 Å². The zero-order chi connectivity index (χ0) is 18.4. The van der Waals surface area contributed by atoms with Crippen LogP contribution in [0.15, 0.2) is 48.0 Å². The molecule has 0 radical (unpaired) electrons. The highest BCUT2D eigenvalue weighted by Gasteiger charge is 2.13. The summed E-state index contributed by atoms with van der Waals surface area (Å²) in [6, 6.07) is 11.3. The zero-order valence-corrected chi connectivity index (χ0v) is 16.5. The summed E-state index contributed by atoms with van der Waals surface area (Å²) in [6.07, 6.45) is 1.76. The Bertz CT molecular complexity index is 840. The van der Waals surface area contributed by atoms with E-state index in [1.54, 1.807) is 17.5 Å². The molecule has 0 saturated carbocycles. The summed E-state index contributed by atoms with van der Waals surface area (Å²) in [6.45, 7) is 3.44. The monoisotopic (exact) mass is 408 g/mol. The maximum Gasteiger partial charge on any atom is 0.182 e. The smallest absolute Gasteiger partial charge is 0.182 e. The predicted molar refractivity (Wildman–Crippen MR) is 108 cm³/mol. The van der Waals surface area contributed by atoms with Gasteiger partial charge in [-0.15, -0.1) is 11.3 Å². The molecule has 0 aliphatic heterocycles. The van der Waals surface area contributed by atoms with Gasteiger partial charge in [-0.05, 0) is 42.3 Å². The lowest BCUT2D eigenvalue weighted by Gasteiger charge is -2.15. The molecular formula is C19H18Cl2N2O2S. The first kappa shape index (κ1) is 18.8. The van der Waals surface area contributed by atoms with Crippen LogP contribution in [0.3, 0.4) is 0 Å². The van der Waals surface area contributed by atoms with E-state index in [0.29, 0.717) is 41.3 Å². The molecule has 0 bridgehead atoms. The Kier molecular flexibility index (Phi) is 6.61. The number of anilines is 1. The molecule has 136 valence electrons. The third-order valence-corrected chi connectivity index (χ3v) is 4.81. The van der Waals surface area contributed by atoms with Gasteiger partial charge in [-0.2, -0.15) is 0 Å². The van der Waals surface area contributed by atoms with Gasteiger partial charge in [0.1, 0.15) is 6.61 Å². The van der Waals surface area contributed by atoms with E-state index in [9.17, 15) is 0 Å². The summed E-state index contributed by atoms with van der Waals surface area (Å²) < 4.78 is 11.7. The highest BCUT2D eigenvalue weighted by molar-refractivity contribution is 7.13. The summed E-state index contributed by atoms with van der Waals surface area (Å²) in [5.41, 5.74) is 2.00. The van der Waals surface area contributed by atoms with Crippen LogP contribution in [0.2, 0.25) is 10.0 Å². The normalized spacial score (nSPS) is 10.6. The van der Waals surface area contributed by atoms with Crippen molar-refractivity contribution in [3.8, 4) is 11.5 Å². The fourth-order valence-corrected chi connectivity index (χ4v) is 3.29. The minimum absolute atomic E-state index is 0.383. The molecule has 0 aliphatic carbocycles. The lowest BCUT2D eigenvalue weighted by atomic mass is 10.2. The third kappa shape index (κ3) is 5.04. The van der Waals surface area contributed by atoms with E-state index in [1.807, 2.05) is 48.7 Å². The Balaban J connectivity index is 1.74. The highest BCUT2D eigenvalue weighted by atomic mass is 35.5. The molecule has 0 saturated heterocycles. The van der Waals surface area contributed by atoms with E-state index >= 15 is 0 Å². The van der Waals surface area contributed by atoms with Crippen LogP contribution in [0.4, 0.5) is 5.13 Å². The molecule has 0 unspecified atom stereocenters. The molecule has 0 spiro atoms. The second kappa shape index (κ2) is 9.12. The van der Waals surface area contributed by atoms with Crippen LogP contribution < -0.4 is 14.8 Å². The van der Waals surface area contributed by atoms with Crippen molar-refractivity contribution in [1.29, 1.82) is 0 Å². The highest BCUT2D eigenvalue weighted by Crippen LogP contribution is 2.37. The number of hydrogen-bond donors (Lipinski definition) is 1. The van der Waals surface area contributed by atoms with Crippen molar-refractivity contribution in [3.05, 3.63) is 69.1 Å². The van der Waals surface area contributed by atoms with Gasteiger partial charge in [0.15, 0.2) is 16.6 Å². The van der Waals surface area contributed by atoms with Crippen molar-refractivity contribution in [1.82, 2.24) is 4.98 Å². The molecule has 0 atom stereocenters. The van der Waals surface area contributed by atoms with Gasteiger partial charge >= 0.3 is 0 Å². The Morgan fingerprint density at radius 1 is 1.08 bits per heavy atom. The van der Waals surface area contributed by atoms with Gasteiger partial charge in [-0.3, -0.25) is 0 Å². The maximum absolute atomic E-state index is 6.46. The Labute approximate surface area is 166 Å². The first-order valence-corrected chi connectivity index (χ1v) is 9.75. The molecule has 1 heterocycles. The molecule has 1 N–H and O–H groups in total. The number of benzene rings is 2. The van der Waals surface area contributed by atoms with Crippen LogP contribution in [-0.4, -0.2) is 11.6 Å². The third-order valence-electron chi connectivity index (χ3n) is 3.54. The summed E-state index contributed by atoms with van der Waals surface area (Å²) in [7, 11) is 0. The topological polar surface area (TPSA) is 43.4 Å². The fraction of sp³-hybridized carbons (Fsp3) is 0.211. The van der Waals surface area contributed by atoms with Gasteiger partial charge in [0.2, 0.25) is 0 Å². The van der Waals surface area contributed by atoms with Crippen LogP contribution >= 0.6 is 34.5 Å². The van der Waals surface area contributed by atoms with Gasteiger partial charge in [0, 0.05) is 23.1 Å². The number of halogens is 2. The SMILES string of the molecule is CCOc1cc(CNc2nccs2)cc(Cl)c1OCc1ccc(Cl)cc1. The fourth-order valence-electron chi connectivity index (χ4n) is 2.35. The van der Waals surface area contributed by atoms with Crippen molar-refractivity contribution in [2.24, 2.45) is 0 Å². The first-order valence-electron chi connectivity index (χ1n) is 8.11. The van der Waals surface area contributed by atoms with Crippen LogP contribution in [0.1, 0.15) is 18.1 Å². The summed E-state index contributed by atoms with van der Waals surface area (Å²) >= 11 is 13.9. The number of aromatic nitrogens is 1. The van der Waals surface area contributed by atoms with Crippen molar-refractivity contribution < 1.29 is 9.47 Å². The van der Waals surface area contributed by atoms with E-state index in [2.05, 4.69) is 10.3 Å². The van der Waals surface area contributed by atoms with E-state index in [0.717, 1.165) is 16.3 Å². The van der Waals surface area contributed by atoms with Crippen molar-refractivity contribution in [2.45, 2.75) is 20.1 Å². The first-order chi connectivity index (χ1) is 12.7. The van der Waals surface area contributed by atoms with Crippen molar-refractivity contribution in [3.63, 3.8) is 0 Å². The predicted octanol–water partition coefficient (Wildman–Crippen LogP) is 6.04. The number of thiazole rings is 1. The van der Waals surface area contributed by atoms with E-state index in [4.69, 9.17) is 32.7 Å². The van der Waals surface area contributed by atoms with Gasteiger partial charge < -0.3 is 14.8 Å². The molecule has 3 rings (SSSR count).